The van der Waals surface area contributed by atoms with Gasteiger partial charge >= 0.3 is 6.18 Å². The number of halogens is 3. The van der Waals surface area contributed by atoms with Gasteiger partial charge in [0.1, 0.15) is 0 Å². The van der Waals surface area contributed by atoms with Crippen LogP contribution in [0.3, 0.4) is 0 Å². The molecule has 0 aromatic heterocycles. The van der Waals surface area contributed by atoms with Crippen molar-refractivity contribution in [3.05, 3.63) is 60.2 Å². The summed E-state index contributed by atoms with van der Waals surface area (Å²) in [6.45, 7) is 1.62. The molecule has 1 heterocycles. The molecule has 3 rings (SSSR count). The summed E-state index contributed by atoms with van der Waals surface area (Å²) in [5.41, 5.74) is -1.42. The van der Waals surface area contributed by atoms with Gasteiger partial charge in [-0.3, -0.25) is 4.79 Å². The summed E-state index contributed by atoms with van der Waals surface area (Å²) in [6, 6.07) is 15.5. The summed E-state index contributed by atoms with van der Waals surface area (Å²) in [5.74, 6) is -0.993. The molecule has 7 heteroatoms. The van der Waals surface area contributed by atoms with Crippen molar-refractivity contribution >= 4 is 11.6 Å². The number of benzene rings is 2. The molecule has 1 aliphatic rings. The number of hydrazone groups is 1. The van der Waals surface area contributed by atoms with E-state index in [1.165, 1.54) is 12.1 Å². The first-order valence-electron chi connectivity index (χ1n) is 8.12. The van der Waals surface area contributed by atoms with Gasteiger partial charge in [-0.05, 0) is 29.7 Å². The molecule has 1 N–H and O–H groups in total. The van der Waals surface area contributed by atoms with Crippen LogP contribution in [-0.2, 0) is 0 Å². The Labute approximate surface area is 148 Å². The smallest absolute Gasteiger partial charge is 0.362 e. The molecule has 0 aliphatic carbocycles. The Morgan fingerprint density at radius 1 is 1.12 bits per heavy atom. The van der Waals surface area contributed by atoms with Crippen LogP contribution in [0, 0.1) is 0 Å². The summed E-state index contributed by atoms with van der Waals surface area (Å²) in [6.07, 6.45) is -5.52. The third-order valence-corrected chi connectivity index (χ3v) is 4.34. The van der Waals surface area contributed by atoms with Crippen molar-refractivity contribution in [2.45, 2.75) is 31.7 Å². The topological polar surface area (TPSA) is 52.9 Å². The van der Waals surface area contributed by atoms with E-state index in [2.05, 4.69) is 5.10 Å². The molecule has 0 spiro atoms. The Kier molecular flexibility index (Phi) is 4.58. The van der Waals surface area contributed by atoms with E-state index in [0.29, 0.717) is 0 Å². The zero-order valence-electron chi connectivity index (χ0n) is 14.0. The van der Waals surface area contributed by atoms with E-state index in [1.807, 2.05) is 30.3 Å². The van der Waals surface area contributed by atoms with E-state index < -0.39 is 24.2 Å². The summed E-state index contributed by atoms with van der Waals surface area (Å²) >= 11 is 0. The van der Waals surface area contributed by atoms with Crippen molar-refractivity contribution in [2.75, 3.05) is 0 Å². The van der Waals surface area contributed by atoms with E-state index >= 15 is 0 Å². The monoisotopic (exact) mass is 362 g/mol. The van der Waals surface area contributed by atoms with E-state index in [-0.39, 0.29) is 22.7 Å². The van der Waals surface area contributed by atoms with Gasteiger partial charge < -0.3 is 5.11 Å². The largest absolute Gasteiger partial charge is 0.438 e. The second-order valence-corrected chi connectivity index (χ2v) is 6.07. The Morgan fingerprint density at radius 2 is 1.69 bits per heavy atom. The molecular formula is C19H17F3N2O2. The second kappa shape index (κ2) is 6.57. The van der Waals surface area contributed by atoms with Crippen LogP contribution in [-0.4, -0.2) is 33.6 Å². The van der Waals surface area contributed by atoms with Gasteiger partial charge in [0, 0.05) is 17.7 Å². The van der Waals surface area contributed by atoms with Crippen LogP contribution in [0.1, 0.15) is 30.1 Å². The lowest BCUT2D eigenvalue weighted by Gasteiger charge is -2.32. The van der Waals surface area contributed by atoms with E-state index in [1.54, 1.807) is 19.1 Å². The molecule has 0 saturated carbocycles. The van der Waals surface area contributed by atoms with Crippen LogP contribution in [0.2, 0.25) is 0 Å². The lowest BCUT2D eigenvalue weighted by atomic mass is 10.0. The zero-order valence-corrected chi connectivity index (χ0v) is 14.0. The molecule has 0 radical (unpaired) electrons. The van der Waals surface area contributed by atoms with E-state index in [0.717, 1.165) is 11.1 Å². The number of amides is 1. The van der Waals surface area contributed by atoms with Gasteiger partial charge in [-0.2, -0.15) is 23.3 Å². The third-order valence-electron chi connectivity index (χ3n) is 4.34. The van der Waals surface area contributed by atoms with Crippen LogP contribution >= 0.6 is 0 Å². The first kappa shape index (κ1) is 18.1. The summed E-state index contributed by atoms with van der Waals surface area (Å²) in [4.78, 5) is 12.6. The predicted molar refractivity (Wildman–Crippen MR) is 91.4 cm³/mol. The van der Waals surface area contributed by atoms with Crippen molar-refractivity contribution in [3.8, 4) is 11.1 Å². The van der Waals surface area contributed by atoms with Crippen LogP contribution in [0.5, 0.6) is 0 Å². The molecule has 1 amide bonds. The SMILES string of the molecule is CCC1=NN(C(=O)c2ccc(-c3ccccc3)cc2)[C@](O)(C(F)(F)F)C1. The number of hydrogen-bond donors (Lipinski definition) is 1. The van der Waals surface area contributed by atoms with Gasteiger partial charge in [0.25, 0.3) is 11.6 Å². The van der Waals surface area contributed by atoms with Crippen LogP contribution < -0.4 is 0 Å². The Balaban J connectivity index is 1.91. The van der Waals surface area contributed by atoms with Gasteiger partial charge in [-0.1, -0.05) is 49.4 Å². The number of aliphatic hydroxyl groups is 1. The van der Waals surface area contributed by atoms with Gasteiger partial charge in [-0.15, -0.1) is 0 Å². The van der Waals surface area contributed by atoms with Crippen LogP contribution in [0.4, 0.5) is 13.2 Å². The average Bonchev–Trinajstić information content (AvgIpc) is 3.00. The lowest BCUT2D eigenvalue weighted by Crippen LogP contribution is -2.56. The van der Waals surface area contributed by atoms with Crippen molar-refractivity contribution in [3.63, 3.8) is 0 Å². The number of rotatable bonds is 3. The third kappa shape index (κ3) is 3.10. The normalized spacial score (nSPS) is 20.2. The molecule has 0 fully saturated rings. The first-order chi connectivity index (χ1) is 12.3. The molecule has 0 bridgehead atoms. The van der Waals surface area contributed by atoms with Gasteiger partial charge in [0.2, 0.25) is 0 Å². The molecule has 26 heavy (non-hydrogen) atoms. The van der Waals surface area contributed by atoms with Crippen molar-refractivity contribution in [1.29, 1.82) is 0 Å². The fourth-order valence-electron chi connectivity index (χ4n) is 2.81. The molecule has 4 nitrogen and oxygen atoms in total. The summed E-state index contributed by atoms with van der Waals surface area (Å²) in [5, 5.41) is 14.0. The van der Waals surface area contributed by atoms with Gasteiger partial charge in [0.15, 0.2) is 0 Å². The maximum absolute atomic E-state index is 13.3. The number of carbonyl (C=O) groups excluding carboxylic acids is 1. The number of hydrogen-bond acceptors (Lipinski definition) is 3. The number of alkyl halides is 3. The molecule has 0 unspecified atom stereocenters. The highest BCUT2D eigenvalue weighted by Gasteiger charge is 2.63. The van der Waals surface area contributed by atoms with E-state index in [4.69, 9.17) is 0 Å². The summed E-state index contributed by atoms with van der Waals surface area (Å²) < 4.78 is 40.0. The lowest BCUT2D eigenvalue weighted by molar-refractivity contribution is -0.297. The Morgan fingerprint density at radius 3 is 2.23 bits per heavy atom. The second-order valence-electron chi connectivity index (χ2n) is 6.07. The predicted octanol–water partition coefficient (Wildman–Crippen LogP) is 4.22. The maximum Gasteiger partial charge on any atom is 0.438 e. The number of nitrogens with zero attached hydrogens (tertiary/aromatic N) is 2. The molecular weight excluding hydrogens is 345 g/mol. The number of carbonyl (C=O) groups is 1. The highest BCUT2D eigenvalue weighted by Crippen LogP contribution is 2.41. The maximum atomic E-state index is 13.3. The Bertz CT molecular complexity index is 832. The molecule has 136 valence electrons. The minimum Gasteiger partial charge on any atom is -0.362 e. The Hall–Kier alpha value is -2.67. The van der Waals surface area contributed by atoms with Crippen LogP contribution in [0.25, 0.3) is 11.1 Å². The highest BCUT2D eigenvalue weighted by molar-refractivity contribution is 5.98. The average molecular weight is 362 g/mol. The molecule has 1 atom stereocenters. The van der Waals surface area contributed by atoms with E-state index in [9.17, 15) is 23.1 Å². The highest BCUT2D eigenvalue weighted by atomic mass is 19.4. The molecule has 1 aliphatic heterocycles. The minimum absolute atomic E-state index is 0.0217. The van der Waals surface area contributed by atoms with Crippen molar-refractivity contribution in [2.24, 2.45) is 5.10 Å². The quantitative estimate of drug-likeness (QED) is 0.889. The van der Waals surface area contributed by atoms with Crippen molar-refractivity contribution < 1.29 is 23.1 Å². The standard InChI is InChI=1S/C19H17F3N2O2/c1-2-16-12-18(26,19(20,21)22)24(23-16)17(25)15-10-8-14(9-11-15)13-6-4-3-5-7-13/h3-11,26H,2,12H2,1H3/t18-/m1/s1. The fraction of sp³-hybridized carbons (Fsp3) is 0.263. The molecule has 2 aromatic carbocycles. The van der Waals surface area contributed by atoms with Gasteiger partial charge in [-0.25, -0.2) is 0 Å². The molecule has 0 saturated heterocycles. The van der Waals surface area contributed by atoms with Crippen LogP contribution in [0.15, 0.2) is 59.7 Å². The first-order valence-corrected chi connectivity index (χ1v) is 8.12. The minimum atomic E-state index is -5.01. The van der Waals surface area contributed by atoms with Gasteiger partial charge in [0.05, 0.1) is 0 Å². The summed E-state index contributed by atoms with van der Waals surface area (Å²) in [7, 11) is 0. The fourth-order valence-corrected chi connectivity index (χ4v) is 2.81. The van der Waals surface area contributed by atoms with Crippen molar-refractivity contribution in [1.82, 2.24) is 5.01 Å². The molecule has 2 aromatic rings. The zero-order chi connectivity index (χ0) is 18.9.